The smallest absolute Gasteiger partial charge is 0.325 e. The van der Waals surface area contributed by atoms with Crippen LogP contribution in [0, 0.1) is 5.82 Å². The third-order valence-corrected chi connectivity index (χ3v) is 4.91. The fourth-order valence-electron chi connectivity index (χ4n) is 3.48. The number of amides is 5. The standard InChI is InChI=1S/C18H23FN4O3/c19-14-6-4-13(5-7-14)12-21-16(25)20-10-3-11-23-15(24)18(22-17(23)26)8-1-2-9-18/h4-7H,1-3,8-12H2,(H,22,26)(H2,20,21,25). The number of hydrogen-bond donors (Lipinski definition) is 3. The Labute approximate surface area is 151 Å². The second-order valence-electron chi connectivity index (χ2n) is 6.77. The summed E-state index contributed by atoms with van der Waals surface area (Å²) in [6.07, 6.45) is 3.81. The molecule has 5 amide bonds. The van der Waals surface area contributed by atoms with Crippen molar-refractivity contribution < 1.29 is 18.8 Å². The minimum atomic E-state index is -0.683. The Hall–Kier alpha value is -2.64. The van der Waals surface area contributed by atoms with Gasteiger partial charge in [0.25, 0.3) is 5.91 Å². The summed E-state index contributed by atoms with van der Waals surface area (Å²) >= 11 is 0. The van der Waals surface area contributed by atoms with Crippen LogP contribution in [0.25, 0.3) is 0 Å². The first-order chi connectivity index (χ1) is 12.5. The van der Waals surface area contributed by atoms with Gasteiger partial charge in [0.15, 0.2) is 0 Å². The number of carbonyl (C=O) groups is 3. The summed E-state index contributed by atoms with van der Waals surface area (Å²) in [6.45, 7) is 0.922. The zero-order valence-corrected chi connectivity index (χ0v) is 14.5. The predicted octanol–water partition coefficient (Wildman–Crippen LogP) is 1.88. The van der Waals surface area contributed by atoms with Crippen molar-refractivity contribution in [2.45, 2.75) is 44.2 Å². The average Bonchev–Trinajstić information content (AvgIpc) is 3.18. The number of carbonyl (C=O) groups excluding carboxylic acids is 3. The minimum Gasteiger partial charge on any atom is -0.338 e. The summed E-state index contributed by atoms with van der Waals surface area (Å²) in [5.74, 6) is -0.459. The molecule has 1 heterocycles. The first kappa shape index (κ1) is 18.2. The van der Waals surface area contributed by atoms with Gasteiger partial charge in [-0.15, -0.1) is 0 Å². The Bertz CT molecular complexity index is 686. The van der Waals surface area contributed by atoms with Crippen LogP contribution in [0.1, 0.15) is 37.7 Å². The van der Waals surface area contributed by atoms with Crippen molar-refractivity contribution >= 4 is 18.0 Å². The van der Waals surface area contributed by atoms with Gasteiger partial charge in [0.05, 0.1) is 0 Å². The van der Waals surface area contributed by atoms with E-state index in [2.05, 4.69) is 16.0 Å². The topological polar surface area (TPSA) is 90.5 Å². The molecular weight excluding hydrogens is 339 g/mol. The van der Waals surface area contributed by atoms with Crippen LogP contribution in [0.2, 0.25) is 0 Å². The van der Waals surface area contributed by atoms with E-state index < -0.39 is 5.54 Å². The van der Waals surface area contributed by atoms with Gasteiger partial charge in [0.2, 0.25) is 0 Å². The van der Waals surface area contributed by atoms with Gasteiger partial charge in [-0.2, -0.15) is 0 Å². The van der Waals surface area contributed by atoms with Gasteiger partial charge in [-0.3, -0.25) is 9.69 Å². The van der Waals surface area contributed by atoms with Gasteiger partial charge in [-0.1, -0.05) is 25.0 Å². The van der Waals surface area contributed by atoms with Crippen molar-refractivity contribution in [2.24, 2.45) is 0 Å². The lowest BCUT2D eigenvalue weighted by Gasteiger charge is -2.20. The SMILES string of the molecule is O=C(NCCCN1C(=O)NC2(CCCC2)C1=O)NCc1ccc(F)cc1. The van der Waals surface area contributed by atoms with Crippen molar-refractivity contribution in [2.75, 3.05) is 13.1 Å². The maximum absolute atomic E-state index is 12.8. The highest BCUT2D eigenvalue weighted by Crippen LogP contribution is 2.34. The van der Waals surface area contributed by atoms with Gasteiger partial charge < -0.3 is 16.0 Å². The number of nitrogens with one attached hydrogen (secondary N) is 3. The van der Waals surface area contributed by atoms with E-state index in [1.54, 1.807) is 12.1 Å². The highest BCUT2D eigenvalue weighted by Gasteiger charge is 2.51. The lowest BCUT2D eigenvalue weighted by molar-refractivity contribution is -0.131. The largest absolute Gasteiger partial charge is 0.338 e. The number of hydrogen-bond acceptors (Lipinski definition) is 3. The van der Waals surface area contributed by atoms with Crippen LogP contribution in [0.3, 0.4) is 0 Å². The van der Waals surface area contributed by atoms with Crippen LogP contribution >= 0.6 is 0 Å². The monoisotopic (exact) mass is 362 g/mol. The molecule has 8 heteroatoms. The van der Waals surface area contributed by atoms with Crippen LogP contribution in [-0.4, -0.2) is 41.5 Å². The third-order valence-electron chi connectivity index (χ3n) is 4.91. The zero-order chi connectivity index (χ0) is 18.6. The number of imide groups is 1. The van der Waals surface area contributed by atoms with E-state index in [4.69, 9.17) is 0 Å². The lowest BCUT2D eigenvalue weighted by atomic mass is 9.98. The van der Waals surface area contributed by atoms with Crippen LogP contribution in [0.15, 0.2) is 24.3 Å². The summed E-state index contributed by atoms with van der Waals surface area (Å²) in [4.78, 5) is 37.5. The quantitative estimate of drug-likeness (QED) is 0.533. The molecule has 1 aliphatic carbocycles. The van der Waals surface area contributed by atoms with Crippen molar-refractivity contribution in [3.63, 3.8) is 0 Å². The molecule has 0 radical (unpaired) electrons. The molecule has 3 N–H and O–H groups in total. The molecule has 1 saturated heterocycles. The molecule has 26 heavy (non-hydrogen) atoms. The molecular formula is C18H23FN4O3. The van der Waals surface area contributed by atoms with Gasteiger partial charge >= 0.3 is 12.1 Å². The molecule has 1 spiro atoms. The summed E-state index contributed by atoms with van der Waals surface area (Å²) in [5.41, 5.74) is 0.111. The molecule has 140 valence electrons. The molecule has 1 aromatic carbocycles. The Kier molecular flexibility index (Phi) is 5.39. The normalized spacial score (nSPS) is 18.3. The van der Waals surface area contributed by atoms with E-state index in [0.717, 1.165) is 18.4 Å². The van der Waals surface area contributed by atoms with E-state index in [1.165, 1.54) is 17.0 Å². The molecule has 7 nitrogen and oxygen atoms in total. The molecule has 3 rings (SSSR count). The number of halogens is 1. The number of urea groups is 2. The van der Waals surface area contributed by atoms with E-state index in [9.17, 15) is 18.8 Å². The summed E-state index contributed by atoms with van der Waals surface area (Å²) in [6, 6.07) is 5.20. The molecule has 0 aromatic heterocycles. The third kappa shape index (κ3) is 3.95. The van der Waals surface area contributed by atoms with E-state index in [-0.39, 0.29) is 30.3 Å². The fourth-order valence-corrected chi connectivity index (χ4v) is 3.48. The van der Waals surface area contributed by atoms with E-state index in [0.29, 0.717) is 32.4 Å². The molecule has 1 saturated carbocycles. The van der Waals surface area contributed by atoms with Gasteiger partial charge in [-0.05, 0) is 37.0 Å². The lowest BCUT2D eigenvalue weighted by Crippen LogP contribution is -2.44. The summed E-state index contributed by atoms with van der Waals surface area (Å²) in [5, 5.41) is 8.19. The first-order valence-corrected chi connectivity index (χ1v) is 8.90. The van der Waals surface area contributed by atoms with E-state index >= 15 is 0 Å². The predicted molar refractivity (Wildman–Crippen MR) is 92.7 cm³/mol. The summed E-state index contributed by atoms with van der Waals surface area (Å²) < 4.78 is 12.8. The minimum absolute atomic E-state index is 0.138. The van der Waals surface area contributed by atoms with Crippen molar-refractivity contribution in [1.29, 1.82) is 0 Å². The van der Waals surface area contributed by atoms with Crippen LogP contribution in [0.4, 0.5) is 14.0 Å². The second kappa shape index (κ2) is 7.72. The van der Waals surface area contributed by atoms with E-state index in [1.807, 2.05) is 0 Å². The average molecular weight is 362 g/mol. The molecule has 0 atom stereocenters. The van der Waals surface area contributed by atoms with Crippen molar-refractivity contribution in [3.8, 4) is 0 Å². The van der Waals surface area contributed by atoms with Crippen LogP contribution in [-0.2, 0) is 11.3 Å². The maximum Gasteiger partial charge on any atom is 0.325 e. The maximum atomic E-state index is 12.8. The van der Waals surface area contributed by atoms with Crippen molar-refractivity contribution in [3.05, 3.63) is 35.6 Å². The zero-order valence-electron chi connectivity index (χ0n) is 14.5. The molecule has 1 aliphatic heterocycles. The highest BCUT2D eigenvalue weighted by molar-refractivity contribution is 6.07. The highest BCUT2D eigenvalue weighted by atomic mass is 19.1. The molecule has 2 aliphatic rings. The Morgan fingerprint density at radius 2 is 1.85 bits per heavy atom. The Morgan fingerprint density at radius 3 is 2.54 bits per heavy atom. The molecule has 1 aromatic rings. The molecule has 0 unspecified atom stereocenters. The summed E-state index contributed by atoms with van der Waals surface area (Å²) in [7, 11) is 0. The number of rotatable bonds is 6. The molecule has 2 fully saturated rings. The van der Waals surface area contributed by atoms with Crippen molar-refractivity contribution in [1.82, 2.24) is 20.9 Å². The van der Waals surface area contributed by atoms with Crippen LogP contribution < -0.4 is 16.0 Å². The Morgan fingerprint density at radius 1 is 1.15 bits per heavy atom. The number of nitrogens with zero attached hydrogens (tertiary/aromatic N) is 1. The van der Waals surface area contributed by atoms with Gasteiger partial charge in [-0.25, -0.2) is 14.0 Å². The fraction of sp³-hybridized carbons (Fsp3) is 0.500. The molecule has 0 bridgehead atoms. The number of benzene rings is 1. The van der Waals surface area contributed by atoms with Gasteiger partial charge in [0.1, 0.15) is 11.4 Å². The first-order valence-electron chi connectivity index (χ1n) is 8.90. The Balaban J connectivity index is 1.36. The van der Waals surface area contributed by atoms with Crippen LogP contribution in [0.5, 0.6) is 0 Å². The second-order valence-corrected chi connectivity index (χ2v) is 6.77. The van der Waals surface area contributed by atoms with Gasteiger partial charge in [0, 0.05) is 19.6 Å².